The first-order valence-electron chi connectivity index (χ1n) is 6.67. The number of carbonyl (C=O) groups excluding carboxylic acids is 1. The average molecular weight is 333 g/mol. The van der Waals surface area contributed by atoms with Crippen LogP contribution in [0.1, 0.15) is 31.2 Å². The van der Waals surface area contributed by atoms with E-state index in [4.69, 9.17) is 5.73 Å². The molecule has 1 aromatic rings. The number of nitrogens with two attached hydrogens (primary N) is 1. The Kier molecular flexibility index (Phi) is 5.78. The predicted molar refractivity (Wildman–Crippen MR) is 84.0 cm³/mol. The summed E-state index contributed by atoms with van der Waals surface area (Å²) in [5.74, 6) is -0.123. The summed E-state index contributed by atoms with van der Waals surface area (Å²) in [5.41, 5.74) is 6.18. The van der Waals surface area contributed by atoms with Gasteiger partial charge >= 0.3 is 0 Å². The van der Waals surface area contributed by atoms with Gasteiger partial charge in [0.15, 0.2) is 9.84 Å². The Morgan fingerprint density at radius 1 is 1.24 bits per heavy atom. The molecular formula is C14H21ClN2O3S. The van der Waals surface area contributed by atoms with E-state index >= 15 is 0 Å². The highest BCUT2D eigenvalue weighted by Crippen LogP contribution is 2.27. The summed E-state index contributed by atoms with van der Waals surface area (Å²) in [4.78, 5) is 12.3. The summed E-state index contributed by atoms with van der Waals surface area (Å²) in [6, 6.07) is 6.50. The molecule has 0 bridgehead atoms. The molecule has 0 saturated heterocycles. The Labute approximate surface area is 131 Å². The normalized spacial score (nSPS) is 17.0. The van der Waals surface area contributed by atoms with Gasteiger partial charge in [-0.2, -0.15) is 0 Å². The van der Waals surface area contributed by atoms with Crippen molar-refractivity contribution < 1.29 is 13.2 Å². The van der Waals surface area contributed by atoms with E-state index in [2.05, 4.69) is 5.32 Å². The van der Waals surface area contributed by atoms with Crippen molar-refractivity contribution in [3.05, 3.63) is 29.8 Å². The molecule has 0 aliphatic heterocycles. The van der Waals surface area contributed by atoms with Gasteiger partial charge in [-0.15, -0.1) is 12.4 Å². The second kappa shape index (κ2) is 6.77. The second-order valence-electron chi connectivity index (χ2n) is 5.46. The van der Waals surface area contributed by atoms with Gasteiger partial charge in [0.25, 0.3) is 0 Å². The van der Waals surface area contributed by atoms with Crippen LogP contribution in [0.25, 0.3) is 0 Å². The van der Waals surface area contributed by atoms with Gasteiger partial charge in [-0.25, -0.2) is 8.42 Å². The molecule has 21 heavy (non-hydrogen) atoms. The monoisotopic (exact) mass is 332 g/mol. The molecule has 0 unspecified atom stereocenters. The fourth-order valence-electron chi connectivity index (χ4n) is 2.45. The van der Waals surface area contributed by atoms with Crippen molar-refractivity contribution in [1.82, 2.24) is 5.32 Å². The molecule has 1 aromatic carbocycles. The van der Waals surface area contributed by atoms with E-state index in [0.717, 1.165) is 31.2 Å². The van der Waals surface area contributed by atoms with Crippen molar-refractivity contribution in [2.45, 2.75) is 42.7 Å². The number of carbonyl (C=O) groups is 1. The van der Waals surface area contributed by atoms with Gasteiger partial charge in [0, 0.05) is 12.8 Å². The first kappa shape index (κ1) is 17.9. The van der Waals surface area contributed by atoms with E-state index in [1.54, 1.807) is 24.3 Å². The first-order valence-corrected chi connectivity index (χ1v) is 8.57. The van der Waals surface area contributed by atoms with Crippen molar-refractivity contribution in [3.8, 4) is 0 Å². The van der Waals surface area contributed by atoms with Crippen LogP contribution in [0.2, 0.25) is 0 Å². The maximum Gasteiger partial charge on any atom is 0.240 e. The van der Waals surface area contributed by atoms with Crippen LogP contribution in [-0.2, 0) is 21.2 Å². The molecule has 1 fully saturated rings. The number of amides is 1. The minimum Gasteiger partial charge on any atom is -0.350 e. The molecule has 118 valence electrons. The molecule has 1 aliphatic rings. The zero-order chi connectivity index (χ0) is 14.8. The zero-order valence-electron chi connectivity index (χ0n) is 12.0. The van der Waals surface area contributed by atoms with Crippen molar-refractivity contribution in [3.63, 3.8) is 0 Å². The fourth-order valence-corrected chi connectivity index (χ4v) is 3.08. The number of sulfone groups is 1. The predicted octanol–water partition coefficient (Wildman–Crippen LogP) is 1.40. The quantitative estimate of drug-likeness (QED) is 0.872. The topological polar surface area (TPSA) is 89.3 Å². The van der Waals surface area contributed by atoms with Crippen LogP contribution >= 0.6 is 12.4 Å². The van der Waals surface area contributed by atoms with E-state index in [1.807, 2.05) is 0 Å². The van der Waals surface area contributed by atoms with Crippen molar-refractivity contribution >= 4 is 28.2 Å². The molecular weight excluding hydrogens is 312 g/mol. The van der Waals surface area contributed by atoms with Crippen LogP contribution in [0, 0.1) is 0 Å². The molecule has 3 N–H and O–H groups in total. The molecule has 7 heteroatoms. The number of halogens is 1. The lowest BCUT2D eigenvalue weighted by molar-refractivity contribution is -0.126. The summed E-state index contributed by atoms with van der Waals surface area (Å²) < 4.78 is 22.7. The van der Waals surface area contributed by atoms with Crippen LogP contribution < -0.4 is 11.1 Å². The molecule has 1 amide bonds. The number of nitrogens with one attached hydrogen (secondary N) is 1. The van der Waals surface area contributed by atoms with Gasteiger partial charge in [-0.1, -0.05) is 25.0 Å². The van der Waals surface area contributed by atoms with Crippen molar-refractivity contribution in [2.75, 3.05) is 6.26 Å². The lowest BCUT2D eigenvalue weighted by Gasteiger charge is -2.22. The molecule has 0 aromatic heterocycles. The molecule has 2 rings (SSSR count). The average Bonchev–Trinajstić information content (AvgIpc) is 2.84. The number of hydrogen-bond donors (Lipinski definition) is 2. The molecule has 5 nitrogen and oxygen atoms in total. The van der Waals surface area contributed by atoms with Crippen LogP contribution in [0.15, 0.2) is 29.2 Å². The first-order chi connectivity index (χ1) is 9.31. The Balaban J connectivity index is 0.00000220. The van der Waals surface area contributed by atoms with Gasteiger partial charge in [-0.05, 0) is 30.5 Å². The second-order valence-corrected chi connectivity index (χ2v) is 7.48. The lowest BCUT2D eigenvalue weighted by Crippen LogP contribution is -2.51. The summed E-state index contributed by atoms with van der Waals surface area (Å²) in [7, 11) is -3.18. The highest BCUT2D eigenvalue weighted by molar-refractivity contribution is 7.90. The van der Waals surface area contributed by atoms with Gasteiger partial charge in [0.05, 0.1) is 10.4 Å². The Morgan fingerprint density at radius 2 is 1.76 bits per heavy atom. The molecule has 0 radical (unpaired) electrons. The van der Waals surface area contributed by atoms with Gasteiger partial charge < -0.3 is 11.1 Å². The third-order valence-corrected chi connectivity index (χ3v) is 4.88. The van der Waals surface area contributed by atoms with E-state index in [1.165, 1.54) is 6.26 Å². The summed E-state index contributed by atoms with van der Waals surface area (Å²) in [6.07, 6.45) is 4.61. The van der Waals surface area contributed by atoms with E-state index < -0.39 is 15.4 Å². The van der Waals surface area contributed by atoms with E-state index in [0.29, 0.717) is 6.54 Å². The minimum absolute atomic E-state index is 0. The van der Waals surface area contributed by atoms with Crippen molar-refractivity contribution in [1.29, 1.82) is 0 Å². The fraction of sp³-hybridized carbons (Fsp3) is 0.500. The highest BCUT2D eigenvalue weighted by Gasteiger charge is 2.36. The van der Waals surface area contributed by atoms with Crippen LogP contribution in [-0.4, -0.2) is 26.1 Å². The maximum atomic E-state index is 12.0. The highest BCUT2D eigenvalue weighted by atomic mass is 35.5. The van der Waals surface area contributed by atoms with Gasteiger partial charge in [-0.3, -0.25) is 4.79 Å². The number of hydrogen-bond acceptors (Lipinski definition) is 4. The Bertz CT molecular complexity index is 593. The summed E-state index contributed by atoms with van der Waals surface area (Å²) in [6.45, 7) is 0.363. The summed E-state index contributed by atoms with van der Waals surface area (Å²) in [5, 5.41) is 2.83. The maximum absolute atomic E-state index is 12.0. The lowest BCUT2D eigenvalue weighted by atomic mass is 9.98. The van der Waals surface area contributed by atoms with Gasteiger partial charge in [0.1, 0.15) is 0 Å². The Hall–Kier alpha value is -1.11. The third kappa shape index (κ3) is 4.43. The van der Waals surface area contributed by atoms with Gasteiger partial charge in [0.2, 0.25) is 5.91 Å². The summed E-state index contributed by atoms with van der Waals surface area (Å²) >= 11 is 0. The van der Waals surface area contributed by atoms with Crippen molar-refractivity contribution in [2.24, 2.45) is 5.73 Å². The van der Waals surface area contributed by atoms with Crippen LogP contribution in [0.3, 0.4) is 0 Å². The molecule has 1 aliphatic carbocycles. The molecule has 1 saturated carbocycles. The number of benzene rings is 1. The SMILES string of the molecule is CS(=O)(=O)c1ccc(CNC(=O)C2(N)CCCC2)cc1.Cl. The van der Waals surface area contributed by atoms with Crippen LogP contribution in [0.5, 0.6) is 0 Å². The standard InChI is InChI=1S/C14H20N2O3S.ClH/c1-20(18,19)12-6-4-11(5-7-12)10-16-13(17)14(15)8-2-3-9-14;/h4-7H,2-3,8-10,15H2,1H3,(H,16,17);1H. The molecule has 0 atom stereocenters. The smallest absolute Gasteiger partial charge is 0.240 e. The largest absolute Gasteiger partial charge is 0.350 e. The molecule has 0 spiro atoms. The van der Waals surface area contributed by atoms with Crippen LogP contribution in [0.4, 0.5) is 0 Å². The Morgan fingerprint density at radius 3 is 2.24 bits per heavy atom. The minimum atomic E-state index is -3.18. The molecule has 0 heterocycles. The zero-order valence-corrected chi connectivity index (χ0v) is 13.6. The number of rotatable bonds is 4. The van der Waals surface area contributed by atoms with E-state index in [-0.39, 0.29) is 23.2 Å². The van der Waals surface area contributed by atoms with E-state index in [9.17, 15) is 13.2 Å². The third-order valence-electron chi connectivity index (χ3n) is 3.75.